The molecule has 2 aromatic carbocycles. The molecule has 0 spiro atoms. The lowest BCUT2D eigenvalue weighted by atomic mass is 10.0. The summed E-state index contributed by atoms with van der Waals surface area (Å²) in [5, 5.41) is 3.00. The Hall–Kier alpha value is -2.09. The van der Waals surface area contributed by atoms with E-state index in [2.05, 4.69) is 42.3 Å². The highest BCUT2D eigenvalue weighted by molar-refractivity contribution is 7.92. The van der Waals surface area contributed by atoms with Crippen molar-refractivity contribution in [2.75, 3.05) is 25.1 Å². The smallest absolute Gasteiger partial charge is 0.185 e. The number of nitrogens with zero attached hydrogens (tertiary/aromatic N) is 2. The van der Waals surface area contributed by atoms with Crippen LogP contribution < -0.4 is 9.64 Å². The van der Waals surface area contributed by atoms with Gasteiger partial charge in [-0.05, 0) is 56.0 Å². The molecule has 0 amide bonds. The molecule has 0 aliphatic carbocycles. The van der Waals surface area contributed by atoms with E-state index in [0.717, 1.165) is 17.2 Å². The number of halogens is 1. The minimum absolute atomic E-state index is 0.177. The van der Waals surface area contributed by atoms with Crippen LogP contribution in [0.25, 0.3) is 0 Å². The first-order valence-electron chi connectivity index (χ1n) is 10.6. The fraction of sp³-hybridized carbons (Fsp3) is 0.375. The molecule has 3 aromatic rings. The summed E-state index contributed by atoms with van der Waals surface area (Å²) in [6.45, 7) is 5.54. The summed E-state index contributed by atoms with van der Waals surface area (Å²) in [7, 11) is -2.06. The number of methoxy groups -OCH3 is 1. The Bertz CT molecular complexity index is 1220. The van der Waals surface area contributed by atoms with Crippen LogP contribution in [0.15, 0.2) is 46.7 Å². The van der Waals surface area contributed by atoms with Crippen LogP contribution in [0.2, 0.25) is 5.02 Å². The summed E-state index contributed by atoms with van der Waals surface area (Å²) in [6.07, 6.45) is 1.90. The SMILES string of the molecule is COc1ccc(Cl)cc1S(=O)(=O)C1CCN(c2nc(Cc3cc(C)ccc3C)cs2)CC1. The first-order chi connectivity index (χ1) is 15.3. The zero-order chi connectivity index (χ0) is 22.9. The van der Waals surface area contributed by atoms with Gasteiger partial charge in [0.05, 0.1) is 18.1 Å². The summed E-state index contributed by atoms with van der Waals surface area (Å²) < 4.78 is 31.8. The van der Waals surface area contributed by atoms with Crippen molar-refractivity contribution < 1.29 is 13.2 Å². The number of aryl methyl sites for hydroxylation is 2. The third kappa shape index (κ3) is 4.80. The number of hydrogen-bond donors (Lipinski definition) is 0. The molecular weight excluding hydrogens is 464 g/mol. The minimum atomic E-state index is -3.53. The second-order valence-electron chi connectivity index (χ2n) is 8.25. The molecule has 0 bridgehead atoms. The van der Waals surface area contributed by atoms with Gasteiger partial charge in [0.25, 0.3) is 0 Å². The van der Waals surface area contributed by atoms with Gasteiger partial charge < -0.3 is 9.64 Å². The molecule has 1 aromatic heterocycles. The van der Waals surface area contributed by atoms with E-state index >= 15 is 0 Å². The lowest BCUT2D eigenvalue weighted by Crippen LogP contribution is -2.39. The van der Waals surface area contributed by atoms with E-state index < -0.39 is 15.1 Å². The monoisotopic (exact) mass is 490 g/mol. The van der Waals surface area contributed by atoms with Gasteiger partial charge in [-0.1, -0.05) is 35.4 Å². The molecule has 0 N–H and O–H groups in total. The van der Waals surface area contributed by atoms with Gasteiger partial charge in [-0.3, -0.25) is 0 Å². The second-order valence-corrected chi connectivity index (χ2v) is 11.7. The van der Waals surface area contributed by atoms with E-state index in [-0.39, 0.29) is 4.90 Å². The average Bonchev–Trinajstić information content (AvgIpc) is 3.25. The van der Waals surface area contributed by atoms with Gasteiger partial charge in [-0.15, -0.1) is 11.3 Å². The van der Waals surface area contributed by atoms with Crippen molar-refractivity contribution in [1.29, 1.82) is 0 Å². The Morgan fingerprint density at radius 1 is 1.16 bits per heavy atom. The fourth-order valence-corrected chi connectivity index (χ4v) is 7.15. The van der Waals surface area contributed by atoms with Gasteiger partial charge in [-0.2, -0.15) is 0 Å². The molecule has 1 saturated heterocycles. The molecule has 8 heteroatoms. The van der Waals surface area contributed by atoms with E-state index in [1.807, 2.05) is 0 Å². The molecule has 0 atom stereocenters. The number of ether oxygens (including phenoxy) is 1. The van der Waals surface area contributed by atoms with Crippen molar-refractivity contribution >= 4 is 37.9 Å². The molecule has 1 aliphatic rings. The van der Waals surface area contributed by atoms with Crippen LogP contribution in [0.4, 0.5) is 5.13 Å². The molecule has 0 saturated carbocycles. The lowest BCUT2D eigenvalue weighted by Gasteiger charge is -2.31. The Morgan fingerprint density at radius 3 is 2.62 bits per heavy atom. The summed E-state index contributed by atoms with van der Waals surface area (Å²) in [5.41, 5.74) is 4.87. The number of anilines is 1. The molecule has 170 valence electrons. The van der Waals surface area contributed by atoms with Gasteiger partial charge >= 0.3 is 0 Å². The molecule has 5 nitrogen and oxygen atoms in total. The first-order valence-corrected chi connectivity index (χ1v) is 13.4. The van der Waals surface area contributed by atoms with E-state index in [9.17, 15) is 8.42 Å². The fourth-order valence-electron chi connectivity index (χ4n) is 4.12. The highest BCUT2D eigenvalue weighted by Gasteiger charge is 2.34. The number of rotatable bonds is 6. The minimum Gasteiger partial charge on any atom is -0.495 e. The van der Waals surface area contributed by atoms with Gasteiger partial charge in [0, 0.05) is 29.9 Å². The van der Waals surface area contributed by atoms with Crippen LogP contribution >= 0.6 is 22.9 Å². The average molecular weight is 491 g/mol. The molecule has 4 rings (SSSR count). The molecule has 1 aliphatic heterocycles. The molecule has 1 fully saturated rings. The highest BCUT2D eigenvalue weighted by atomic mass is 35.5. The number of aromatic nitrogens is 1. The third-order valence-corrected chi connectivity index (χ3v) is 9.47. The largest absolute Gasteiger partial charge is 0.495 e. The van der Waals surface area contributed by atoms with Crippen molar-refractivity contribution in [3.05, 3.63) is 69.2 Å². The highest BCUT2D eigenvalue weighted by Crippen LogP contribution is 2.34. The van der Waals surface area contributed by atoms with Gasteiger partial charge in [0.2, 0.25) is 0 Å². The maximum Gasteiger partial charge on any atom is 0.185 e. The van der Waals surface area contributed by atoms with Crippen LogP contribution in [-0.4, -0.2) is 38.9 Å². The van der Waals surface area contributed by atoms with Crippen LogP contribution in [-0.2, 0) is 16.3 Å². The summed E-state index contributed by atoms with van der Waals surface area (Å²) in [4.78, 5) is 7.21. The molecular formula is C24H27ClN2O3S2. The predicted molar refractivity (Wildman–Crippen MR) is 131 cm³/mol. The zero-order valence-corrected chi connectivity index (χ0v) is 20.9. The summed E-state index contributed by atoms with van der Waals surface area (Å²) >= 11 is 7.69. The second kappa shape index (κ2) is 9.41. The van der Waals surface area contributed by atoms with E-state index in [0.29, 0.717) is 36.7 Å². The Kier molecular flexibility index (Phi) is 6.79. The topological polar surface area (TPSA) is 59.5 Å². The quantitative estimate of drug-likeness (QED) is 0.459. The van der Waals surface area contributed by atoms with Crippen molar-refractivity contribution in [1.82, 2.24) is 4.98 Å². The molecule has 0 unspecified atom stereocenters. The van der Waals surface area contributed by atoms with Crippen molar-refractivity contribution in [3.8, 4) is 5.75 Å². The summed E-state index contributed by atoms with van der Waals surface area (Å²) in [6, 6.07) is 11.2. The summed E-state index contributed by atoms with van der Waals surface area (Å²) in [5.74, 6) is 0.341. The number of hydrogen-bond acceptors (Lipinski definition) is 6. The molecule has 2 heterocycles. The maximum atomic E-state index is 13.3. The number of piperidine rings is 1. The van der Waals surface area contributed by atoms with Crippen molar-refractivity contribution in [2.24, 2.45) is 0 Å². The maximum absolute atomic E-state index is 13.3. The van der Waals surface area contributed by atoms with Crippen molar-refractivity contribution in [3.63, 3.8) is 0 Å². The number of benzene rings is 2. The normalized spacial score (nSPS) is 15.2. The van der Waals surface area contributed by atoms with Crippen LogP contribution in [0.3, 0.4) is 0 Å². The number of thiazole rings is 1. The van der Waals surface area contributed by atoms with E-state index in [4.69, 9.17) is 21.3 Å². The van der Waals surface area contributed by atoms with Gasteiger partial charge in [-0.25, -0.2) is 13.4 Å². The zero-order valence-electron chi connectivity index (χ0n) is 18.5. The van der Waals surface area contributed by atoms with Crippen molar-refractivity contribution in [2.45, 2.75) is 43.3 Å². The van der Waals surface area contributed by atoms with Crippen LogP contribution in [0, 0.1) is 13.8 Å². The molecule has 32 heavy (non-hydrogen) atoms. The first kappa shape index (κ1) is 23.1. The molecule has 0 radical (unpaired) electrons. The van der Waals surface area contributed by atoms with E-state index in [1.165, 1.54) is 29.9 Å². The van der Waals surface area contributed by atoms with E-state index in [1.54, 1.807) is 23.5 Å². The van der Waals surface area contributed by atoms with Gasteiger partial charge in [0.15, 0.2) is 15.0 Å². The number of sulfone groups is 1. The van der Waals surface area contributed by atoms with Crippen LogP contribution in [0.1, 0.15) is 35.2 Å². The Labute approximate surface area is 198 Å². The Balaban J connectivity index is 1.44. The Morgan fingerprint density at radius 2 is 1.91 bits per heavy atom. The third-order valence-electron chi connectivity index (χ3n) is 6.00. The lowest BCUT2D eigenvalue weighted by molar-refractivity contribution is 0.402. The predicted octanol–water partition coefficient (Wildman–Crippen LogP) is 5.46. The van der Waals surface area contributed by atoms with Crippen LogP contribution in [0.5, 0.6) is 5.75 Å². The van der Waals surface area contributed by atoms with Gasteiger partial charge in [0.1, 0.15) is 10.6 Å². The standard InChI is InChI=1S/C24H27ClN2O3S2/c1-16-4-5-17(2)18(12-16)13-20-15-31-24(26-20)27-10-8-21(9-11-27)32(28,29)23-14-19(25)6-7-22(23)30-3/h4-7,12,14-15,21H,8-11,13H2,1-3H3.